The van der Waals surface area contributed by atoms with E-state index in [4.69, 9.17) is 5.26 Å². The molecule has 0 heterocycles. The van der Waals surface area contributed by atoms with Crippen molar-refractivity contribution in [3.05, 3.63) is 64.7 Å². The van der Waals surface area contributed by atoms with Gasteiger partial charge in [0.15, 0.2) is 0 Å². The zero-order valence-electron chi connectivity index (χ0n) is 14.5. The van der Waals surface area contributed by atoms with Crippen LogP contribution in [0, 0.1) is 23.0 Å². The number of rotatable bonds is 7. The van der Waals surface area contributed by atoms with Crippen molar-refractivity contribution >= 4 is 0 Å². The molecule has 0 aliphatic carbocycles. The third-order valence-corrected chi connectivity index (χ3v) is 4.17. The molecule has 2 rings (SSSR count). The summed E-state index contributed by atoms with van der Waals surface area (Å²) in [7, 11) is 0. The molecule has 1 atom stereocenters. The molecule has 0 spiro atoms. The number of ether oxygens (including phenoxy) is 1. The van der Waals surface area contributed by atoms with Crippen molar-refractivity contribution in [2.45, 2.75) is 45.1 Å². The maximum Gasteiger partial charge on any atom is 0.429 e. The summed E-state index contributed by atoms with van der Waals surface area (Å²) in [6.07, 6.45) is -1.17. The Labute approximate surface area is 150 Å². The second kappa shape index (κ2) is 8.22. The van der Waals surface area contributed by atoms with Crippen LogP contribution in [-0.2, 0) is 6.11 Å². The second-order valence-corrected chi connectivity index (χ2v) is 6.15. The Hall–Kier alpha value is -2.55. The van der Waals surface area contributed by atoms with Crippen molar-refractivity contribution in [2.24, 2.45) is 0 Å². The zero-order chi connectivity index (χ0) is 19.3. The first kappa shape index (κ1) is 19.8. The molecule has 2 nitrogen and oxygen atoms in total. The lowest BCUT2D eigenvalue weighted by molar-refractivity contribution is -0.187. The lowest BCUT2D eigenvalue weighted by Gasteiger charge is -2.20. The Bertz CT molecular complexity index is 814. The molecule has 138 valence electrons. The van der Waals surface area contributed by atoms with Gasteiger partial charge in [-0.15, -0.1) is 0 Å². The molecule has 0 fully saturated rings. The zero-order valence-corrected chi connectivity index (χ0v) is 14.5. The molecule has 0 radical (unpaired) electrons. The van der Waals surface area contributed by atoms with Gasteiger partial charge in [0.25, 0.3) is 0 Å². The lowest BCUT2D eigenvalue weighted by Crippen LogP contribution is -2.23. The Morgan fingerprint density at radius 2 is 1.85 bits per heavy atom. The van der Waals surface area contributed by atoms with Crippen LogP contribution in [0.4, 0.5) is 17.6 Å². The van der Waals surface area contributed by atoms with Crippen molar-refractivity contribution in [1.82, 2.24) is 0 Å². The molecule has 2 aromatic carbocycles. The first-order valence-corrected chi connectivity index (χ1v) is 8.35. The largest absolute Gasteiger partial charge is 0.429 e. The Morgan fingerprint density at radius 3 is 2.42 bits per heavy atom. The fraction of sp³-hybridized carbons (Fsp3) is 0.350. The minimum Gasteiger partial charge on any atom is -0.429 e. The molecule has 1 unspecified atom stereocenters. The van der Waals surface area contributed by atoms with Crippen molar-refractivity contribution in [3.8, 4) is 11.8 Å². The molecule has 6 heteroatoms. The van der Waals surface area contributed by atoms with Gasteiger partial charge in [0, 0.05) is 6.07 Å². The van der Waals surface area contributed by atoms with Crippen molar-refractivity contribution in [3.63, 3.8) is 0 Å². The van der Waals surface area contributed by atoms with E-state index in [1.807, 2.05) is 13.8 Å². The number of benzene rings is 2. The van der Waals surface area contributed by atoms with E-state index in [2.05, 4.69) is 4.74 Å². The van der Waals surface area contributed by atoms with Crippen LogP contribution in [0.15, 0.2) is 36.4 Å². The maximum atomic E-state index is 14.3. The van der Waals surface area contributed by atoms with Gasteiger partial charge in [0.2, 0.25) is 0 Å². The third kappa shape index (κ3) is 4.54. The summed E-state index contributed by atoms with van der Waals surface area (Å²) in [6.45, 7) is 3.96. The molecule has 0 amide bonds. The highest BCUT2D eigenvalue weighted by atomic mass is 19.3. The highest BCUT2D eigenvalue weighted by Crippen LogP contribution is 2.35. The van der Waals surface area contributed by atoms with E-state index in [1.54, 1.807) is 6.07 Å². The van der Waals surface area contributed by atoms with E-state index in [0.29, 0.717) is 11.6 Å². The van der Waals surface area contributed by atoms with Gasteiger partial charge in [-0.1, -0.05) is 32.8 Å². The van der Waals surface area contributed by atoms with Gasteiger partial charge in [-0.25, -0.2) is 8.78 Å². The minimum absolute atomic E-state index is 0.0562. The molecule has 26 heavy (non-hydrogen) atoms. The van der Waals surface area contributed by atoms with E-state index in [1.165, 1.54) is 6.07 Å². The van der Waals surface area contributed by atoms with Gasteiger partial charge in [-0.3, -0.25) is 0 Å². The smallest absolute Gasteiger partial charge is 0.429 e. The number of alkyl halides is 2. The SMILES string of the molecule is CCCCC(C)c1ccc(C(F)(F)Oc2ccc(C#N)c(F)c2)c(F)c1. The molecular formula is C20H19F4NO. The fourth-order valence-corrected chi connectivity index (χ4v) is 2.60. The van der Waals surface area contributed by atoms with E-state index in [0.717, 1.165) is 43.5 Å². The van der Waals surface area contributed by atoms with Crippen LogP contribution in [0.5, 0.6) is 5.75 Å². The van der Waals surface area contributed by atoms with Crippen LogP contribution in [0.1, 0.15) is 55.7 Å². The van der Waals surface area contributed by atoms with Crippen LogP contribution in [0.2, 0.25) is 0 Å². The average Bonchev–Trinajstić information content (AvgIpc) is 2.59. The predicted octanol–water partition coefficient (Wildman–Crippen LogP) is 6.26. The quantitative estimate of drug-likeness (QED) is 0.543. The van der Waals surface area contributed by atoms with Gasteiger partial charge in [0.05, 0.1) is 11.1 Å². The first-order chi connectivity index (χ1) is 12.3. The summed E-state index contributed by atoms with van der Waals surface area (Å²) in [6, 6.07) is 7.85. The van der Waals surface area contributed by atoms with Crippen molar-refractivity contribution in [2.75, 3.05) is 0 Å². The van der Waals surface area contributed by atoms with Gasteiger partial charge in [0.1, 0.15) is 23.5 Å². The van der Waals surface area contributed by atoms with Crippen LogP contribution in [0.25, 0.3) is 0 Å². The molecule has 0 aromatic heterocycles. The highest BCUT2D eigenvalue weighted by molar-refractivity contribution is 5.37. The summed E-state index contributed by atoms with van der Waals surface area (Å²) in [5.74, 6) is -2.50. The molecule has 0 N–H and O–H groups in total. The molecule has 0 aliphatic rings. The summed E-state index contributed by atoms with van der Waals surface area (Å²) < 4.78 is 60.9. The van der Waals surface area contributed by atoms with Crippen LogP contribution in [-0.4, -0.2) is 0 Å². The molecule has 0 bridgehead atoms. The normalized spacial score (nSPS) is 12.5. The first-order valence-electron chi connectivity index (χ1n) is 8.35. The van der Waals surface area contributed by atoms with Crippen LogP contribution < -0.4 is 4.74 Å². The standard InChI is InChI=1S/C20H19F4NO/c1-3-4-5-13(2)14-7-9-17(19(22)10-14)20(23,24)26-16-8-6-15(12-25)18(21)11-16/h6-11,13H,3-5H2,1-2H3. The van der Waals surface area contributed by atoms with Gasteiger partial charge >= 0.3 is 6.11 Å². The third-order valence-electron chi connectivity index (χ3n) is 4.17. The van der Waals surface area contributed by atoms with Gasteiger partial charge < -0.3 is 4.74 Å². The average molecular weight is 365 g/mol. The van der Waals surface area contributed by atoms with E-state index < -0.39 is 29.1 Å². The van der Waals surface area contributed by atoms with Crippen molar-refractivity contribution in [1.29, 1.82) is 5.26 Å². The van der Waals surface area contributed by atoms with Crippen LogP contribution >= 0.6 is 0 Å². The predicted molar refractivity (Wildman–Crippen MR) is 90.0 cm³/mol. The summed E-state index contributed by atoms with van der Waals surface area (Å²) >= 11 is 0. The number of nitrogens with zero attached hydrogens (tertiary/aromatic N) is 1. The topological polar surface area (TPSA) is 33.0 Å². The number of hydrogen-bond acceptors (Lipinski definition) is 2. The number of hydrogen-bond donors (Lipinski definition) is 0. The van der Waals surface area contributed by atoms with E-state index in [9.17, 15) is 17.6 Å². The molecule has 0 aliphatic heterocycles. The maximum absolute atomic E-state index is 14.3. The number of nitriles is 1. The summed E-state index contributed by atoms with van der Waals surface area (Å²) in [5, 5.41) is 8.65. The fourth-order valence-electron chi connectivity index (χ4n) is 2.60. The molecule has 0 saturated carbocycles. The van der Waals surface area contributed by atoms with E-state index >= 15 is 0 Å². The Kier molecular flexibility index (Phi) is 6.25. The van der Waals surface area contributed by atoms with Crippen molar-refractivity contribution < 1.29 is 22.3 Å². The Morgan fingerprint density at radius 1 is 1.12 bits per heavy atom. The summed E-state index contributed by atoms with van der Waals surface area (Å²) in [5.41, 5.74) is -0.578. The van der Waals surface area contributed by atoms with Gasteiger partial charge in [-0.2, -0.15) is 14.0 Å². The minimum atomic E-state index is -3.98. The Balaban J connectivity index is 2.23. The number of unbranched alkanes of at least 4 members (excludes halogenated alkanes) is 1. The monoisotopic (exact) mass is 365 g/mol. The second-order valence-electron chi connectivity index (χ2n) is 6.15. The van der Waals surface area contributed by atoms with E-state index in [-0.39, 0.29) is 11.5 Å². The molecule has 2 aromatic rings. The summed E-state index contributed by atoms with van der Waals surface area (Å²) in [4.78, 5) is 0. The lowest BCUT2D eigenvalue weighted by atomic mass is 9.94. The molecule has 0 saturated heterocycles. The highest BCUT2D eigenvalue weighted by Gasteiger charge is 2.38. The van der Waals surface area contributed by atoms with Gasteiger partial charge in [-0.05, 0) is 42.2 Å². The molecular weight excluding hydrogens is 346 g/mol. The number of halogens is 4. The van der Waals surface area contributed by atoms with Crippen LogP contribution in [0.3, 0.4) is 0 Å².